The van der Waals surface area contributed by atoms with Crippen LogP contribution in [0.5, 0.6) is 0 Å². The molecule has 0 aliphatic heterocycles. The van der Waals surface area contributed by atoms with E-state index in [0.29, 0.717) is 12.1 Å². The van der Waals surface area contributed by atoms with Crippen molar-refractivity contribution in [3.63, 3.8) is 0 Å². The number of benzene rings is 1. The predicted molar refractivity (Wildman–Crippen MR) is 72.5 cm³/mol. The van der Waals surface area contributed by atoms with Crippen molar-refractivity contribution in [2.75, 3.05) is 7.05 Å². The van der Waals surface area contributed by atoms with Crippen molar-refractivity contribution in [1.82, 2.24) is 9.88 Å². The summed E-state index contributed by atoms with van der Waals surface area (Å²) in [4.78, 5) is 0. The second-order valence-corrected chi connectivity index (χ2v) is 4.77. The van der Waals surface area contributed by atoms with Gasteiger partial charge in [-0.1, -0.05) is 12.1 Å². The van der Waals surface area contributed by atoms with Gasteiger partial charge in [-0.2, -0.15) is 13.2 Å². The van der Waals surface area contributed by atoms with Crippen molar-refractivity contribution >= 4 is 0 Å². The van der Waals surface area contributed by atoms with Crippen LogP contribution in [0.4, 0.5) is 13.2 Å². The fourth-order valence-corrected chi connectivity index (χ4v) is 2.15. The molecule has 0 saturated carbocycles. The molecule has 1 N–H and O–H groups in total. The van der Waals surface area contributed by atoms with Gasteiger partial charge >= 0.3 is 6.18 Å². The Kier molecular flexibility index (Phi) is 4.18. The smallest absolute Gasteiger partial charge is 0.346 e. The highest BCUT2D eigenvalue weighted by molar-refractivity contribution is 5.26. The largest absolute Gasteiger partial charge is 0.416 e. The summed E-state index contributed by atoms with van der Waals surface area (Å²) in [6, 6.07) is 9.47. The number of hydrogen-bond donors (Lipinski definition) is 1. The van der Waals surface area contributed by atoms with E-state index in [1.165, 1.54) is 12.1 Å². The summed E-state index contributed by atoms with van der Waals surface area (Å²) in [5, 5.41) is 3.13. The maximum Gasteiger partial charge on any atom is 0.416 e. The number of aromatic nitrogens is 1. The Morgan fingerprint density at radius 2 is 1.95 bits per heavy atom. The highest BCUT2D eigenvalue weighted by Crippen LogP contribution is 2.29. The van der Waals surface area contributed by atoms with E-state index in [0.717, 1.165) is 11.8 Å². The zero-order valence-corrected chi connectivity index (χ0v) is 11.4. The fraction of sp³-hybridized carbons (Fsp3) is 0.333. The minimum Gasteiger partial charge on any atom is -0.346 e. The molecule has 0 aliphatic rings. The molecule has 20 heavy (non-hydrogen) atoms. The van der Waals surface area contributed by atoms with Gasteiger partial charge in [0.05, 0.1) is 5.56 Å². The van der Waals surface area contributed by atoms with Gasteiger partial charge in [-0.05, 0) is 43.8 Å². The Balaban J connectivity index is 2.25. The van der Waals surface area contributed by atoms with Gasteiger partial charge in [0.15, 0.2) is 0 Å². The molecule has 2 rings (SSSR count). The molecule has 1 unspecified atom stereocenters. The van der Waals surface area contributed by atoms with Crippen molar-refractivity contribution in [2.45, 2.75) is 25.7 Å². The summed E-state index contributed by atoms with van der Waals surface area (Å²) >= 11 is 0. The maximum absolute atomic E-state index is 12.7. The number of halogens is 3. The second kappa shape index (κ2) is 5.71. The summed E-state index contributed by atoms with van der Waals surface area (Å²) in [6.07, 6.45) is -2.42. The lowest BCUT2D eigenvalue weighted by Crippen LogP contribution is -2.17. The minimum absolute atomic E-state index is 0.149. The van der Waals surface area contributed by atoms with Gasteiger partial charge in [0, 0.05) is 24.5 Å². The number of rotatable bonds is 4. The van der Waals surface area contributed by atoms with E-state index in [2.05, 4.69) is 5.32 Å². The van der Waals surface area contributed by atoms with Crippen LogP contribution >= 0.6 is 0 Å². The zero-order chi connectivity index (χ0) is 14.8. The SMILES string of the molecule is CNC(C)c1cccn1Cc1cccc(C(F)(F)F)c1. The average molecular weight is 282 g/mol. The van der Waals surface area contributed by atoms with Crippen LogP contribution in [0.15, 0.2) is 42.6 Å². The van der Waals surface area contributed by atoms with E-state index in [9.17, 15) is 13.2 Å². The highest BCUT2D eigenvalue weighted by Gasteiger charge is 2.30. The topological polar surface area (TPSA) is 17.0 Å². The molecule has 1 aromatic carbocycles. The molecule has 5 heteroatoms. The average Bonchev–Trinajstić information content (AvgIpc) is 2.85. The molecule has 0 aliphatic carbocycles. The Morgan fingerprint density at radius 3 is 2.60 bits per heavy atom. The van der Waals surface area contributed by atoms with Crippen molar-refractivity contribution in [3.8, 4) is 0 Å². The van der Waals surface area contributed by atoms with Crippen LogP contribution in [0.2, 0.25) is 0 Å². The van der Waals surface area contributed by atoms with Crippen LogP contribution in [0, 0.1) is 0 Å². The van der Waals surface area contributed by atoms with Gasteiger partial charge in [-0.15, -0.1) is 0 Å². The molecule has 1 atom stereocenters. The molecule has 1 aromatic heterocycles. The first kappa shape index (κ1) is 14.7. The molecule has 0 radical (unpaired) electrons. The molecule has 108 valence electrons. The third-order valence-electron chi connectivity index (χ3n) is 3.35. The van der Waals surface area contributed by atoms with Crippen LogP contribution in [0.1, 0.15) is 29.8 Å². The summed E-state index contributed by atoms with van der Waals surface area (Å²) in [6.45, 7) is 2.44. The van der Waals surface area contributed by atoms with E-state index in [1.54, 1.807) is 6.07 Å². The van der Waals surface area contributed by atoms with E-state index < -0.39 is 11.7 Å². The quantitative estimate of drug-likeness (QED) is 0.901. The van der Waals surface area contributed by atoms with Gasteiger partial charge < -0.3 is 9.88 Å². The first-order valence-corrected chi connectivity index (χ1v) is 6.40. The van der Waals surface area contributed by atoms with Gasteiger partial charge in [0.2, 0.25) is 0 Å². The number of hydrogen-bond acceptors (Lipinski definition) is 1. The molecule has 1 heterocycles. The summed E-state index contributed by atoms with van der Waals surface area (Å²) in [5.74, 6) is 0. The minimum atomic E-state index is -4.30. The van der Waals surface area contributed by atoms with E-state index in [-0.39, 0.29) is 6.04 Å². The Hall–Kier alpha value is -1.75. The molecular weight excluding hydrogens is 265 g/mol. The van der Waals surface area contributed by atoms with Crippen molar-refractivity contribution in [2.24, 2.45) is 0 Å². The third kappa shape index (κ3) is 3.22. The van der Waals surface area contributed by atoms with Crippen LogP contribution in [0.3, 0.4) is 0 Å². The highest BCUT2D eigenvalue weighted by atomic mass is 19.4. The fourth-order valence-electron chi connectivity index (χ4n) is 2.15. The Morgan fingerprint density at radius 1 is 1.20 bits per heavy atom. The van der Waals surface area contributed by atoms with E-state index >= 15 is 0 Å². The molecule has 0 fully saturated rings. The molecule has 0 spiro atoms. The maximum atomic E-state index is 12.7. The Labute approximate surface area is 116 Å². The second-order valence-electron chi connectivity index (χ2n) is 4.77. The van der Waals surface area contributed by atoms with E-state index in [4.69, 9.17) is 0 Å². The van der Waals surface area contributed by atoms with Crippen LogP contribution in [-0.4, -0.2) is 11.6 Å². The lowest BCUT2D eigenvalue weighted by Gasteiger charge is -2.16. The molecule has 0 bridgehead atoms. The number of nitrogens with zero attached hydrogens (tertiary/aromatic N) is 1. The first-order valence-electron chi connectivity index (χ1n) is 6.40. The predicted octanol–water partition coefficient (Wildman–Crippen LogP) is 3.84. The zero-order valence-electron chi connectivity index (χ0n) is 11.4. The lowest BCUT2D eigenvalue weighted by molar-refractivity contribution is -0.137. The Bertz CT molecular complexity index is 572. The normalized spacial score (nSPS) is 13.4. The third-order valence-corrected chi connectivity index (χ3v) is 3.35. The molecule has 2 nitrogen and oxygen atoms in total. The van der Waals surface area contributed by atoms with Crippen molar-refractivity contribution in [1.29, 1.82) is 0 Å². The van der Waals surface area contributed by atoms with Crippen molar-refractivity contribution in [3.05, 3.63) is 59.4 Å². The van der Waals surface area contributed by atoms with Gasteiger partial charge in [-0.25, -0.2) is 0 Å². The van der Waals surface area contributed by atoms with Gasteiger partial charge in [0.1, 0.15) is 0 Å². The monoisotopic (exact) mass is 282 g/mol. The number of alkyl halides is 3. The standard InChI is InChI=1S/C15H17F3N2/c1-11(19-2)14-7-4-8-20(14)10-12-5-3-6-13(9-12)15(16,17)18/h3-9,11,19H,10H2,1-2H3. The summed E-state index contributed by atoms with van der Waals surface area (Å²) < 4.78 is 40.0. The summed E-state index contributed by atoms with van der Waals surface area (Å²) in [5.41, 5.74) is 1.08. The molecule has 0 amide bonds. The van der Waals surface area contributed by atoms with Crippen LogP contribution in [0.25, 0.3) is 0 Å². The van der Waals surface area contributed by atoms with Crippen LogP contribution in [-0.2, 0) is 12.7 Å². The van der Waals surface area contributed by atoms with Crippen molar-refractivity contribution < 1.29 is 13.2 Å². The first-order chi connectivity index (χ1) is 9.41. The van der Waals surface area contributed by atoms with Crippen LogP contribution < -0.4 is 5.32 Å². The summed E-state index contributed by atoms with van der Waals surface area (Å²) in [7, 11) is 1.85. The van der Waals surface area contributed by atoms with Gasteiger partial charge in [-0.3, -0.25) is 0 Å². The number of nitrogens with one attached hydrogen (secondary N) is 1. The van der Waals surface area contributed by atoms with Gasteiger partial charge in [0.25, 0.3) is 0 Å². The van der Waals surface area contributed by atoms with E-state index in [1.807, 2.05) is 36.9 Å². The molecule has 2 aromatic rings. The molecule has 0 saturated heterocycles. The lowest BCUT2D eigenvalue weighted by atomic mass is 10.1. The molecular formula is C15H17F3N2.